The summed E-state index contributed by atoms with van der Waals surface area (Å²) in [5.74, 6) is 0.640. The fourth-order valence-corrected chi connectivity index (χ4v) is 6.00. The SMILES string of the molecule is CCc1cc(N2NC=CC2c2ccc(Cl)c(S(N)(=O)=O)c2)cc2cnc(NC3CCC(N)CC3)nc12. The van der Waals surface area contributed by atoms with Crippen molar-refractivity contribution in [2.24, 2.45) is 10.9 Å². The molecular weight excluding hydrogens is 498 g/mol. The Morgan fingerprint density at radius 1 is 1.19 bits per heavy atom. The van der Waals surface area contributed by atoms with Gasteiger partial charge in [-0.25, -0.2) is 23.5 Å². The van der Waals surface area contributed by atoms with Crippen LogP contribution in [0, 0.1) is 0 Å². The predicted molar refractivity (Wildman–Crippen MR) is 143 cm³/mol. The van der Waals surface area contributed by atoms with E-state index >= 15 is 0 Å². The van der Waals surface area contributed by atoms with E-state index in [2.05, 4.69) is 28.7 Å². The zero-order valence-corrected chi connectivity index (χ0v) is 21.6. The van der Waals surface area contributed by atoms with Crippen molar-refractivity contribution in [1.82, 2.24) is 15.4 Å². The van der Waals surface area contributed by atoms with Gasteiger partial charge in [0.25, 0.3) is 0 Å². The van der Waals surface area contributed by atoms with E-state index in [4.69, 9.17) is 27.5 Å². The number of sulfonamides is 1. The number of aromatic nitrogens is 2. The molecule has 9 nitrogen and oxygen atoms in total. The van der Waals surface area contributed by atoms with Crippen LogP contribution in [0.25, 0.3) is 10.9 Å². The minimum Gasteiger partial charge on any atom is -0.351 e. The van der Waals surface area contributed by atoms with Crippen molar-refractivity contribution >= 4 is 44.2 Å². The molecule has 2 heterocycles. The average molecular weight is 528 g/mol. The third-order valence-electron chi connectivity index (χ3n) is 6.88. The summed E-state index contributed by atoms with van der Waals surface area (Å²) in [7, 11) is -3.95. The highest BCUT2D eigenvalue weighted by Crippen LogP contribution is 2.35. The predicted octanol–water partition coefficient (Wildman–Crippen LogP) is 3.75. The van der Waals surface area contributed by atoms with Crippen molar-refractivity contribution in [2.45, 2.75) is 62.0 Å². The quantitative estimate of drug-likeness (QED) is 0.380. The molecule has 2 aliphatic rings. The largest absolute Gasteiger partial charge is 0.351 e. The van der Waals surface area contributed by atoms with Crippen LogP contribution in [0.3, 0.4) is 0 Å². The summed E-state index contributed by atoms with van der Waals surface area (Å²) in [6.45, 7) is 2.10. The Kier molecular flexibility index (Phi) is 6.78. The fourth-order valence-electron chi connectivity index (χ4n) is 4.92. The first-order valence-corrected chi connectivity index (χ1v) is 14.0. The van der Waals surface area contributed by atoms with E-state index < -0.39 is 10.0 Å². The first kappa shape index (κ1) is 24.8. The minimum absolute atomic E-state index is 0.0944. The number of hydrogen-bond donors (Lipinski definition) is 4. The van der Waals surface area contributed by atoms with Crippen LogP contribution >= 0.6 is 11.6 Å². The number of nitrogens with zero attached hydrogens (tertiary/aromatic N) is 3. The average Bonchev–Trinajstić information content (AvgIpc) is 3.34. The molecule has 0 bridgehead atoms. The van der Waals surface area contributed by atoms with E-state index in [1.807, 2.05) is 29.5 Å². The highest BCUT2D eigenvalue weighted by Gasteiger charge is 2.26. The van der Waals surface area contributed by atoms with E-state index in [1.165, 1.54) is 6.07 Å². The lowest BCUT2D eigenvalue weighted by Gasteiger charge is -2.28. The molecule has 36 heavy (non-hydrogen) atoms. The van der Waals surface area contributed by atoms with E-state index in [0.29, 0.717) is 18.0 Å². The summed E-state index contributed by atoms with van der Waals surface area (Å²) in [5, 5.41) is 11.8. The Bertz CT molecular complexity index is 1420. The molecule has 2 aromatic carbocycles. The van der Waals surface area contributed by atoms with Crippen LogP contribution in [-0.2, 0) is 16.4 Å². The van der Waals surface area contributed by atoms with Crippen molar-refractivity contribution in [2.75, 3.05) is 10.3 Å². The summed E-state index contributed by atoms with van der Waals surface area (Å²) < 4.78 is 24.0. The number of fused-ring (bicyclic) bond motifs is 1. The van der Waals surface area contributed by atoms with Gasteiger partial charge in [-0.2, -0.15) is 0 Å². The maximum atomic E-state index is 12.0. The Hall–Kier alpha value is -2.92. The molecule has 0 radical (unpaired) electrons. The van der Waals surface area contributed by atoms with Crippen molar-refractivity contribution in [1.29, 1.82) is 0 Å². The zero-order valence-electron chi connectivity index (χ0n) is 20.0. The molecule has 1 aliphatic heterocycles. The molecule has 1 atom stereocenters. The van der Waals surface area contributed by atoms with Crippen LogP contribution in [0.2, 0.25) is 5.02 Å². The lowest BCUT2D eigenvalue weighted by atomic mass is 9.92. The van der Waals surface area contributed by atoms with Crippen LogP contribution in [0.15, 0.2) is 53.7 Å². The van der Waals surface area contributed by atoms with Gasteiger partial charge >= 0.3 is 0 Å². The molecule has 5 rings (SSSR count). The minimum atomic E-state index is -3.95. The summed E-state index contributed by atoms with van der Waals surface area (Å²) >= 11 is 6.10. The third-order valence-corrected chi connectivity index (χ3v) is 8.28. The molecule has 0 spiro atoms. The van der Waals surface area contributed by atoms with Crippen LogP contribution in [0.4, 0.5) is 11.6 Å². The van der Waals surface area contributed by atoms with Crippen LogP contribution in [-0.4, -0.2) is 30.5 Å². The van der Waals surface area contributed by atoms with Crippen molar-refractivity contribution in [3.05, 3.63) is 65.0 Å². The Balaban J connectivity index is 1.45. The van der Waals surface area contributed by atoms with Gasteiger partial charge in [0.15, 0.2) is 0 Å². The van der Waals surface area contributed by atoms with Crippen LogP contribution in [0.5, 0.6) is 0 Å². The van der Waals surface area contributed by atoms with E-state index in [9.17, 15) is 8.42 Å². The molecule has 3 aromatic rings. The number of halogens is 1. The molecule has 6 N–H and O–H groups in total. The van der Waals surface area contributed by atoms with Crippen LogP contribution in [0.1, 0.15) is 49.8 Å². The maximum Gasteiger partial charge on any atom is 0.239 e. The lowest BCUT2D eigenvalue weighted by molar-refractivity contribution is 0.410. The van der Waals surface area contributed by atoms with Crippen molar-refractivity contribution in [3.8, 4) is 0 Å². The van der Waals surface area contributed by atoms with Crippen molar-refractivity contribution in [3.63, 3.8) is 0 Å². The van der Waals surface area contributed by atoms with Gasteiger partial charge in [-0.05, 0) is 73.6 Å². The number of rotatable bonds is 6. The molecule has 1 saturated carbocycles. The normalized spacial score (nSPS) is 22.1. The summed E-state index contributed by atoms with van der Waals surface area (Å²) in [6.07, 6.45) is 10.5. The second-order valence-corrected chi connectivity index (χ2v) is 11.3. The zero-order chi connectivity index (χ0) is 25.4. The lowest BCUT2D eigenvalue weighted by Crippen LogP contribution is -2.33. The molecule has 11 heteroatoms. The van der Waals surface area contributed by atoms with E-state index in [-0.39, 0.29) is 16.0 Å². The molecule has 1 unspecified atom stereocenters. The topological polar surface area (TPSA) is 139 Å². The molecule has 1 fully saturated rings. The summed E-state index contributed by atoms with van der Waals surface area (Å²) in [6, 6.07) is 9.38. The van der Waals surface area contributed by atoms with E-state index in [1.54, 1.807) is 12.1 Å². The van der Waals surface area contributed by atoms with Gasteiger partial charge in [0.1, 0.15) is 4.90 Å². The molecule has 0 amide bonds. The Labute approximate surface area is 215 Å². The highest BCUT2D eigenvalue weighted by molar-refractivity contribution is 7.89. The maximum absolute atomic E-state index is 12.0. The summed E-state index contributed by atoms with van der Waals surface area (Å²) in [5.41, 5.74) is 12.9. The molecular formula is C25H30ClN7O2S. The number of hydrazine groups is 1. The first-order valence-electron chi connectivity index (χ1n) is 12.1. The molecule has 190 valence electrons. The van der Waals surface area contributed by atoms with Gasteiger partial charge in [0.05, 0.1) is 22.3 Å². The smallest absolute Gasteiger partial charge is 0.239 e. The Morgan fingerprint density at radius 2 is 1.97 bits per heavy atom. The van der Waals surface area contributed by atoms with Crippen molar-refractivity contribution < 1.29 is 8.42 Å². The molecule has 1 aromatic heterocycles. The van der Waals surface area contributed by atoms with Gasteiger partial charge < -0.3 is 16.5 Å². The number of nitrogens with one attached hydrogen (secondary N) is 2. The van der Waals surface area contributed by atoms with Gasteiger partial charge in [0.2, 0.25) is 16.0 Å². The molecule has 0 saturated heterocycles. The number of anilines is 2. The Morgan fingerprint density at radius 3 is 2.69 bits per heavy atom. The number of nitrogens with two attached hydrogens (primary N) is 2. The van der Waals surface area contributed by atoms with E-state index in [0.717, 1.165) is 59.8 Å². The van der Waals surface area contributed by atoms with Gasteiger partial charge in [0, 0.05) is 29.9 Å². The standard InChI is InChI=1S/C25H30ClN7O2S/c1-2-15-11-20(12-17-14-29-25(32-24(15)17)31-19-6-4-18(27)5-7-19)33-22(9-10-30-33)16-3-8-21(26)23(13-16)36(28,34)35/h3,8-14,18-19,22,30H,2,4-7,27H2,1H3,(H2,28,34,35)(H,29,31,32). The number of benzene rings is 2. The number of primary sulfonamides is 1. The monoisotopic (exact) mass is 527 g/mol. The number of hydrogen-bond acceptors (Lipinski definition) is 8. The fraction of sp³-hybridized carbons (Fsp3) is 0.360. The van der Waals surface area contributed by atoms with Gasteiger partial charge in [-0.1, -0.05) is 24.6 Å². The second-order valence-electron chi connectivity index (χ2n) is 9.38. The second kappa shape index (κ2) is 9.85. The number of aryl methyl sites for hydroxylation is 1. The molecule has 1 aliphatic carbocycles. The highest BCUT2D eigenvalue weighted by atomic mass is 35.5. The van der Waals surface area contributed by atoms with Gasteiger partial charge in [-0.3, -0.25) is 5.01 Å². The van der Waals surface area contributed by atoms with Gasteiger partial charge in [-0.15, -0.1) is 0 Å². The van der Waals surface area contributed by atoms with Crippen LogP contribution < -0.4 is 26.6 Å². The first-order chi connectivity index (χ1) is 17.2. The summed E-state index contributed by atoms with van der Waals surface area (Å²) in [4.78, 5) is 9.34. The third kappa shape index (κ3) is 4.99.